The third-order valence-electron chi connectivity index (χ3n) is 3.58. The second kappa shape index (κ2) is 8.60. The van der Waals surface area contributed by atoms with Crippen molar-refractivity contribution in [2.24, 2.45) is 0 Å². The molecule has 132 valence electrons. The van der Waals surface area contributed by atoms with Crippen LogP contribution in [0.15, 0.2) is 36.4 Å². The molecule has 0 amide bonds. The number of hydrogen-bond donors (Lipinski definition) is 1. The van der Waals surface area contributed by atoms with Gasteiger partial charge in [-0.2, -0.15) is 0 Å². The number of carbonyl (C=O) groups excluding carboxylic acids is 1. The summed E-state index contributed by atoms with van der Waals surface area (Å²) >= 11 is 0.153. The average molecular weight is 407 g/mol. The summed E-state index contributed by atoms with van der Waals surface area (Å²) in [6.45, 7) is 0. The Hall–Kier alpha value is -2.43. The van der Waals surface area contributed by atoms with Crippen molar-refractivity contribution in [1.29, 1.82) is 0 Å². The minimum absolute atomic E-state index is 0.0270. The Morgan fingerprint density at radius 2 is 1.76 bits per heavy atom. The van der Waals surface area contributed by atoms with Crippen LogP contribution in [0, 0.1) is 0 Å². The van der Waals surface area contributed by atoms with Crippen molar-refractivity contribution < 1.29 is 24.1 Å². The van der Waals surface area contributed by atoms with Crippen LogP contribution in [0.25, 0.3) is 6.08 Å². The van der Waals surface area contributed by atoms with Gasteiger partial charge in [-0.25, -0.2) is 0 Å². The van der Waals surface area contributed by atoms with E-state index >= 15 is 0 Å². The molecule has 0 aliphatic rings. The zero-order chi connectivity index (χ0) is 18.4. The van der Waals surface area contributed by atoms with E-state index in [2.05, 4.69) is 5.82 Å². The first kappa shape index (κ1) is 18.9. The number of rotatable bonds is 7. The van der Waals surface area contributed by atoms with Gasteiger partial charge in [0, 0.05) is 0 Å². The molecule has 6 heteroatoms. The summed E-state index contributed by atoms with van der Waals surface area (Å²) in [6.07, 6.45) is 3.11. The normalized spacial score (nSPS) is 10.7. The van der Waals surface area contributed by atoms with Crippen molar-refractivity contribution >= 4 is 31.3 Å². The van der Waals surface area contributed by atoms with Gasteiger partial charge in [-0.15, -0.1) is 0 Å². The van der Waals surface area contributed by atoms with E-state index in [9.17, 15) is 9.90 Å². The van der Waals surface area contributed by atoms with E-state index < -0.39 is 0 Å². The number of allylic oxidation sites excluding steroid dienone is 1. The molecule has 0 radical (unpaired) electrons. The van der Waals surface area contributed by atoms with Crippen LogP contribution in [-0.2, 0) is 0 Å². The standard InChI is InChI=1S/C19H20O5Se/c1-22-16-8-6-12(9-15(16)21)5-7-14(20)13-10-17(23-2)19(24-3)18(11-13)25-4/h5-11,21H,1-4H3/b7-5+. The summed E-state index contributed by atoms with van der Waals surface area (Å²) in [6, 6.07) is 8.45. The first-order chi connectivity index (χ1) is 12.0. The molecule has 0 fully saturated rings. The van der Waals surface area contributed by atoms with E-state index in [1.54, 1.807) is 38.5 Å². The summed E-state index contributed by atoms with van der Waals surface area (Å²) < 4.78 is 16.7. The fourth-order valence-electron chi connectivity index (χ4n) is 2.30. The summed E-state index contributed by atoms with van der Waals surface area (Å²) in [5.41, 5.74) is 1.23. The second-order valence-electron chi connectivity index (χ2n) is 5.04. The SMILES string of the molecule is COc1ccc(/C=C/C(=O)c2cc(OC)c(OC)c([Se]C)c2)cc1O. The van der Waals surface area contributed by atoms with Gasteiger partial charge in [0.05, 0.1) is 0 Å². The van der Waals surface area contributed by atoms with Crippen molar-refractivity contribution in [2.75, 3.05) is 21.3 Å². The Balaban J connectivity index is 2.30. The number of aromatic hydroxyl groups is 1. The minimum atomic E-state index is -0.151. The molecule has 0 bridgehead atoms. The van der Waals surface area contributed by atoms with Gasteiger partial charge in [-0.1, -0.05) is 0 Å². The summed E-state index contributed by atoms with van der Waals surface area (Å²) in [5, 5.41) is 9.80. The molecule has 2 aromatic rings. The number of phenolic OH excluding ortho intramolecular Hbond substituents is 1. The molecular formula is C19H20O5Se. The number of hydrogen-bond acceptors (Lipinski definition) is 5. The van der Waals surface area contributed by atoms with Crippen molar-refractivity contribution in [3.63, 3.8) is 0 Å². The van der Waals surface area contributed by atoms with E-state index in [1.165, 1.54) is 19.3 Å². The number of phenols is 1. The Morgan fingerprint density at radius 1 is 1.04 bits per heavy atom. The molecule has 0 aliphatic heterocycles. The van der Waals surface area contributed by atoms with Crippen molar-refractivity contribution in [2.45, 2.75) is 5.82 Å². The Bertz CT molecular complexity index is 773. The van der Waals surface area contributed by atoms with Gasteiger partial charge in [-0.05, 0) is 0 Å². The van der Waals surface area contributed by atoms with Crippen LogP contribution in [0.2, 0.25) is 5.82 Å². The van der Waals surface area contributed by atoms with E-state index in [0.717, 1.165) is 4.46 Å². The number of ether oxygens (including phenoxy) is 3. The van der Waals surface area contributed by atoms with Gasteiger partial charge in [0.25, 0.3) is 0 Å². The molecule has 5 nitrogen and oxygen atoms in total. The van der Waals surface area contributed by atoms with Crippen LogP contribution in [0.3, 0.4) is 0 Å². The fourth-order valence-corrected chi connectivity index (χ4v) is 3.59. The van der Waals surface area contributed by atoms with Gasteiger partial charge in [0.1, 0.15) is 0 Å². The molecule has 1 N–H and O–H groups in total. The fraction of sp³-hybridized carbons (Fsp3) is 0.211. The number of ketones is 1. The zero-order valence-corrected chi connectivity index (χ0v) is 16.2. The topological polar surface area (TPSA) is 65.0 Å². The van der Waals surface area contributed by atoms with E-state index in [-0.39, 0.29) is 26.5 Å². The van der Waals surface area contributed by atoms with Gasteiger partial charge in [0.15, 0.2) is 0 Å². The molecule has 0 atom stereocenters. The van der Waals surface area contributed by atoms with E-state index in [0.29, 0.717) is 28.4 Å². The van der Waals surface area contributed by atoms with Crippen LogP contribution in [0.1, 0.15) is 15.9 Å². The van der Waals surface area contributed by atoms with Crippen LogP contribution in [-0.4, -0.2) is 47.2 Å². The summed E-state index contributed by atoms with van der Waals surface area (Å²) in [5.74, 6) is 3.53. The van der Waals surface area contributed by atoms with Gasteiger partial charge >= 0.3 is 153 Å². The van der Waals surface area contributed by atoms with Crippen molar-refractivity contribution in [3.05, 3.63) is 47.5 Å². The summed E-state index contributed by atoms with van der Waals surface area (Å²) in [4.78, 5) is 12.5. The van der Waals surface area contributed by atoms with Crippen LogP contribution in [0.5, 0.6) is 23.0 Å². The number of methoxy groups -OCH3 is 3. The third-order valence-corrected chi connectivity index (χ3v) is 5.14. The van der Waals surface area contributed by atoms with Gasteiger partial charge in [-0.3, -0.25) is 0 Å². The molecule has 0 saturated carbocycles. The van der Waals surface area contributed by atoms with Crippen molar-refractivity contribution in [1.82, 2.24) is 0 Å². The number of carbonyl (C=O) groups is 1. The Labute approximate surface area is 153 Å². The second-order valence-corrected chi connectivity index (χ2v) is 6.82. The molecular weight excluding hydrogens is 387 g/mol. The van der Waals surface area contributed by atoms with Crippen LogP contribution < -0.4 is 18.7 Å². The monoisotopic (exact) mass is 408 g/mol. The average Bonchev–Trinajstić information content (AvgIpc) is 2.64. The molecule has 0 heterocycles. The first-order valence-corrected chi connectivity index (χ1v) is 10.0. The van der Waals surface area contributed by atoms with Gasteiger partial charge < -0.3 is 0 Å². The zero-order valence-electron chi connectivity index (χ0n) is 14.5. The van der Waals surface area contributed by atoms with E-state index in [1.807, 2.05) is 6.07 Å². The summed E-state index contributed by atoms with van der Waals surface area (Å²) in [7, 11) is 4.62. The van der Waals surface area contributed by atoms with Crippen molar-refractivity contribution in [3.8, 4) is 23.0 Å². The van der Waals surface area contributed by atoms with Gasteiger partial charge in [0.2, 0.25) is 0 Å². The molecule has 25 heavy (non-hydrogen) atoms. The Morgan fingerprint density at radius 3 is 2.32 bits per heavy atom. The molecule has 0 aliphatic carbocycles. The first-order valence-electron chi connectivity index (χ1n) is 7.43. The van der Waals surface area contributed by atoms with Crippen LogP contribution in [0.4, 0.5) is 0 Å². The molecule has 0 unspecified atom stereocenters. The molecule has 2 aromatic carbocycles. The van der Waals surface area contributed by atoms with Crippen LogP contribution >= 0.6 is 0 Å². The molecule has 0 aromatic heterocycles. The third kappa shape index (κ3) is 4.35. The number of benzene rings is 2. The molecule has 0 spiro atoms. The maximum atomic E-state index is 12.5. The Kier molecular flexibility index (Phi) is 6.50. The van der Waals surface area contributed by atoms with E-state index in [4.69, 9.17) is 14.2 Å². The molecule has 2 rings (SSSR count). The molecule has 0 saturated heterocycles. The quantitative estimate of drug-likeness (QED) is 0.435. The predicted molar refractivity (Wildman–Crippen MR) is 98.8 cm³/mol. The maximum absolute atomic E-state index is 12.5. The predicted octanol–water partition coefficient (Wildman–Crippen LogP) is 2.69.